The summed E-state index contributed by atoms with van der Waals surface area (Å²) in [6.45, 7) is 3.69. The van der Waals surface area contributed by atoms with Crippen LogP contribution in [0.1, 0.15) is 31.7 Å². The first-order chi connectivity index (χ1) is 7.33. The highest BCUT2D eigenvalue weighted by atomic mass is 35.5. The second-order valence-electron chi connectivity index (χ2n) is 3.50. The minimum Gasteiger partial charge on any atom is -0.301 e. The van der Waals surface area contributed by atoms with Gasteiger partial charge in [-0.3, -0.25) is 0 Å². The predicted molar refractivity (Wildman–Crippen MR) is 63.8 cm³/mol. The van der Waals surface area contributed by atoms with E-state index >= 15 is 0 Å². The van der Waals surface area contributed by atoms with Crippen molar-refractivity contribution < 1.29 is 4.84 Å². The topological polar surface area (TPSA) is 21.3 Å². The van der Waals surface area contributed by atoms with Crippen LogP contribution < -0.4 is 5.48 Å². The van der Waals surface area contributed by atoms with Gasteiger partial charge in [-0.2, -0.15) is 5.48 Å². The lowest BCUT2D eigenvalue weighted by molar-refractivity contribution is 0.0342. The van der Waals surface area contributed by atoms with Gasteiger partial charge < -0.3 is 4.84 Å². The maximum Gasteiger partial charge on any atom is 0.0682 e. The van der Waals surface area contributed by atoms with Crippen molar-refractivity contribution in [3.05, 3.63) is 34.9 Å². The van der Waals surface area contributed by atoms with Crippen molar-refractivity contribution >= 4 is 11.6 Å². The molecule has 3 heteroatoms. The Kier molecular flexibility index (Phi) is 6.41. The van der Waals surface area contributed by atoms with Crippen LogP contribution in [-0.2, 0) is 11.4 Å². The Morgan fingerprint density at radius 2 is 1.93 bits per heavy atom. The summed E-state index contributed by atoms with van der Waals surface area (Å²) in [6.07, 6.45) is 3.56. The molecule has 1 N–H and O–H groups in total. The van der Waals surface area contributed by atoms with E-state index in [0.717, 1.165) is 24.6 Å². The Morgan fingerprint density at radius 3 is 2.60 bits per heavy atom. The summed E-state index contributed by atoms with van der Waals surface area (Å²) < 4.78 is 0. The third kappa shape index (κ3) is 5.78. The third-order valence-electron chi connectivity index (χ3n) is 2.14. The summed E-state index contributed by atoms with van der Waals surface area (Å²) in [7, 11) is 0. The zero-order chi connectivity index (χ0) is 10.9. The average molecular weight is 228 g/mol. The fraction of sp³-hybridized carbons (Fsp3) is 0.500. The summed E-state index contributed by atoms with van der Waals surface area (Å²) in [4.78, 5) is 5.29. The molecular formula is C12H18ClNO. The van der Waals surface area contributed by atoms with Crippen molar-refractivity contribution in [2.24, 2.45) is 0 Å². The van der Waals surface area contributed by atoms with Crippen LogP contribution in [0.5, 0.6) is 0 Å². The fourth-order valence-corrected chi connectivity index (χ4v) is 1.36. The third-order valence-corrected chi connectivity index (χ3v) is 2.39. The quantitative estimate of drug-likeness (QED) is 0.568. The predicted octanol–water partition coefficient (Wildman–Crippen LogP) is 3.55. The van der Waals surface area contributed by atoms with Crippen molar-refractivity contribution in [2.45, 2.75) is 32.7 Å². The van der Waals surface area contributed by atoms with Gasteiger partial charge in [0.1, 0.15) is 0 Å². The number of benzene rings is 1. The highest BCUT2D eigenvalue weighted by Gasteiger charge is 1.92. The van der Waals surface area contributed by atoms with Crippen molar-refractivity contribution in [2.75, 3.05) is 6.61 Å². The van der Waals surface area contributed by atoms with Gasteiger partial charge in [-0.15, -0.1) is 0 Å². The van der Waals surface area contributed by atoms with E-state index in [4.69, 9.17) is 16.4 Å². The summed E-state index contributed by atoms with van der Waals surface area (Å²) in [5, 5.41) is 0.766. The standard InChI is InChI=1S/C12H18ClNO/c1-2-3-4-9-15-14-10-11-5-7-12(13)8-6-11/h5-8,14H,2-4,9-10H2,1H3. The molecule has 15 heavy (non-hydrogen) atoms. The Balaban J connectivity index is 2.07. The molecule has 0 saturated heterocycles. The van der Waals surface area contributed by atoms with Gasteiger partial charge in [0, 0.05) is 11.6 Å². The normalized spacial score (nSPS) is 10.5. The Bertz CT molecular complexity index is 261. The van der Waals surface area contributed by atoms with E-state index in [2.05, 4.69) is 12.4 Å². The van der Waals surface area contributed by atoms with Gasteiger partial charge in [-0.05, 0) is 24.1 Å². The average Bonchev–Trinajstić information content (AvgIpc) is 2.26. The molecule has 0 aromatic heterocycles. The number of halogens is 1. The van der Waals surface area contributed by atoms with Crippen LogP contribution in [0.3, 0.4) is 0 Å². The van der Waals surface area contributed by atoms with Crippen LogP contribution in [0.15, 0.2) is 24.3 Å². The maximum atomic E-state index is 5.78. The SMILES string of the molecule is CCCCCONCc1ccc(Cl)cc1. The molecule has 1 rings (SSSR count). The Morgan fingerprint density at radius 1 is 1.20 bits per heavy atom. The number of unbranched alkanes of at least 4 members (excludes halogenated alkanes) is 2. The van der Waals surface area contributed by atoms with E-state index in [9.17, 15) is 0 Å². The monoisotopic (exact) mass is 227 g/mol. The van der Waals surface area contributed by atoms with Gasteiger partial charge in [0.05, 0.1) is 6.61 Å². The van der Waals surface area contributed by atoms with E-state index in [0.29, 0.717) is 0 Å². The molecule has 1 aromatic rings. The van der Waals surface area contributed by atoms with E-state index in [-0.39, 0.29) is 0 Å². The lowest BCUT2D eigenvalue weighted by Gasteiger charge is -2.05. The molecule has 0 aliphatic carbocycles. The van der Waals surface area contributed by atoms with Crippen molar-refractivity contribution in [3.8, 4) is 0 Å². The summed E-state index contributed by atoms with van der Waals surface area (Å²) in [6, 6.07) is 7.75. The molecule has 0 saturated carbocycles. The molecule has 2 nitrogen and oxygen atoms in total. The molecule has 0 amide bonds. The van der Waals surface area contributed by atoms with Gasteiger partial charge in [-0.25, -0.2) is 0 Å². The molecular weight excluding hydrogens is 210 g/mol. The molecule has 0 spiro atoms. The molecule has 0 atom stereocenters. The summed E-state index contributed by atoms with van der Waals surface area (Å²) in [5.74, 6) is 0. The number of hydrogen-bond donors (Lipinski definition) is 1. The van der Waals surface area contributed by atoms with E-state index in [1.54, 1.807) is 0 Å². The van der Waals surface area contributed by atoms with E-state index in [1.807, 2.05) is 24.3 Å². The Labute approximate surface area is 96.5 Å². The van der Waals surface area contributed by atoms with Crippen molar-refractivity contribution in [3.63, 3.8) is 0 Å². The van der Waals surface area contributed by atoms with Crippen LogP contribution in [0.25, 0.3) is 0 Å². The Hall–Kier alpha value is -0.570. The summed E-state index contributed by atoms with van der Waals surface area (Å²) in [5.41, 5.74) is 4.11. The van der Waals surface area contributed by atoms with Gasteiger partial charge in [0.25, 0.3) is 0 Å². The van der Waals surface area contributed by atoms with Crippen molar-refractivity contribution in [1.82, 2.24) is 5.48 Å². The molecule has 0 aliphatic rings. The first kappa shape index (κ1) is 12.5. The molecule has 0 heterocycles. The fourth-order valence-electron chi connectivity index (χ4n) is 1.23. The summed E-state index contributed by atoms with van der Waals surface area (Å²) >= 11 is 5.78. The van der Waals surface area contributed by atoms with E-state index in [1.165, 1.54) is 18.4 Å². The number of rotatable bonds is 7. The highest BCUT2D eigenvalue weighted by molar-refractivity contribution is 6.30. The first-order valence-electron chi connectivity index (χ1n) is 5.42. The number of hydrogen-bond acceptors (Lipinski definition) is 2. The maximum absolute atomic E-state index is 5.78. The van der Waals surface area contributed by atoms with Crippen LogP contribution in [0.2, 0.25) is 5.02 Å². The lowest BCUT2D eigenvalue weighted by atomic mass is 10.2. The molecule has 0 unspecified atom stereocenters. The highest BCUT2D eigenvalue weighted by Crippen LogP contribution is 2.09. The second kappa shape index (κ2) is 7.69. The second-order valence-corrected chi connectivity index (χ2v) is 3.94. The van der Waals surface area contributed by atoms with Crippen molar-refractivity contribution in [1.29, 1.82) is 0 Å². The molecule has 0 aliphatic heterocycles. The largest absolute Gasteiger partial charge is 0.301 e. The first-order valence-corrected chi connectivity index (χ1v) is 5.80. The number of hydroxylamine groups is 1. The molecule has 0 radical (unpaired) electrons. The van der Waals surface area contributed by atoms with Gasteiger partial charge in [0.2, 0.25) is 0 Å². The van der Waals surface area contributed by atoms with Gasteiger partial charge in [0.15, 0.2) is 0 Å². The lowest BCUT2D eigenvalue weighted by Crippen LogP contribution is -2.14. The molecule has 84 valence electrons. The smallest absolute Gasteiger partial charge is 0.0682 e. The van der Waals surface area contributed by atoms with E-state index < -0.39 is 0 Å². The zero-order valence-electron chi connectivity index (χ0n) is 9.13. The van der Waals surface area contributed by atoms with Crippen LogP contribution in [0.4, 0.5) is 0 Å². The molecule has 0 bridgehead atoms. The minimum absolute atomic E-state index is 0.725. The van der Waals surface area contributed by atoms with Gasteiger partial charge in [-0.1, -0.05) is 43.5 Å². The van der Waals surface area contributed by atoms with Crippen LogP contribution >= 0.6 is 11.6 Å². The minimum atomic E-state index is 0.725. The molecule has 0 fully saturated rings. The van der Waals surface area contributed by atoms with Crippen LogP contribution in [0, 0.1) is 0 Å². The van der Waals surface area contributed by atoms with Crippen LogP contribution in [-0.4, -0.2) is 6.61 Å². The molecule has 1 aromatic carbocycles. The number of nitrogens with one attached hydrogen (secondary N) is 1. The zero-order valence-corrected chi connectivity index (χ0v) is 9.89. The van der Waals surface area contributed by atoms with Gasteiger partial charge >= 0.3 is 0 Å².